The predicted molar refractivity (Wildman–Crippen MR) is 73.4 cm³/mol. The van der Waals surface area contributed by atoms with Gasteiger partial charge in [-0.05, 0) is 26.2 Å². The summed E-state index contributed by atoms with van der Waals surface area (Å²) in [5.74, 6) is -0.890. The lowest BCUT2D eigenvalue weighted by molar-refractivity contribution is -0.142. The molecule has 2 saturated heterocycles. The number of nitrogens with one attached hydrogen (secondary N) is 1. The van der Waals surface area contributed by atoms with Gasteiger partial charge in [0.2, 0.25) is 0 Å². The number of amides is 2. The van der Waals surface area contributed by atoms with Gasteiger partial charge in [0.05, 0.1) is 12.0 Å². The summed E-state index contributed by atoms with van der Waals surface area (Å²) < 4.78 is 5.60. The molecule has 2 fully saturated rings. The third-order valence-corrected chi connectivity index (χ3v) is 4.60. The molecule has 2 rings (SSSR count). The fourth-order valence-corrected chi connectivity index (χ4v) is 3.25. The van der Waals surface area contributed by atoms with Crippen molar-refractivity contribution in [3.63, 3.8) is 0 Å². The maximum Gasteiger partial charge on any atom is 0.317 e. The summed E-state index contributed by atoms with van der Waals surface area (Å²) in [5.41, 5.74) is 0. The molecule has 114 valence electrons. The van der Waals surface area contributed by atoms with Crippen LogP contribution in [-0.4, -0.2) is 53.8 Å². The van der Waals surface area contributed by atoms with Crippen LogP contribution in [0.2, 0.25) is 0 Å². The van der Waals surface area contributed by atoms with E-state index >= 15 is 0 Å². The van der Waals surface area contributed by atoms with E-state index in [1.807, 2.05) is 0 Å². The summed E-state index contributed by atoms with van der Waals surface area (Å²) in [6.07, 6.45) is 2.71. The van der Waals surface area contributed by atoms with Crippen molar-refractivity contribution in [3.8, 4) is 0 Å². The molecule has 2 aliphatic rings. The summed E-state index contributed by atoms with van der Waals surface area (Å²) in [4.78, 5) is 24.8. The number of ether oxygens (including phenoxy) is 1. The number of carboxylic acids is 1. The number of carbonyl (C=O) groups is 2. The molecule has 0 saturated carbocycles. The van der Waals surface area contributed by atoms with Crippen molar-refractivity contribution >= 4 is 12.0 Å². The van der Waals surface area contributed by atoms with E-state index in [-0.39, 0.29) is 18.2 Å². The summed E-state index contributed by atoms with van der Waals surface area (Å²) in [6.45, 7) is 5.78. The lowest BCUT2D eigenvalue weighted by Crippen LogP contribution is -2.45. The van der Waals surface area contributed by atoms with E-state index in [2.05, 4.69) is 12.2 Å². The molecule has 4 atom stereocenters. The minimum atomic E-state index is -0.817. The van der Waals surface area contributed by atoms with Gasteiger partial charge in [0.15, 0.2) is 0 Å². The fourth-order valence-electron chi connectivity index (χ4n) is 3.25. The van der Waals surface area contributed by atoms with E-state index < -0.39 is 11.9 Å². The van der Waals surface area contributed by atoms with Gasteiger partial charge >= 0.3 is 12.0 Å². The smallest absolute Gasteiger partial charge is 0.317 e. The Morgan fingerprint density at radius 1 is 1.40 bits per heavy atom. The number of hydrogen-bond donors (Lipinski definition) is 2. The van der Waals surface area contributed by atoms with Crippen LogP contribution >= 0.6 is 0 Å². The summed E-state index contributed by atoms with van der Waals surface area (Å²) in [6, 6.07) is -0.391. The Bertz CT molecular complexity index is 374. The third-order valence-electron chi connectivity index (χ3n) is 4.60. The SMILES string of the molecule is CCC1OCCC1CNC(=O)N1CCC(C(=O)O)C1C. The van der Waals surface area contributed by atoms with Gasteiger partial charge in [-0.1, -0.05) is 6.92 Å². The van der Waals surface area contributed by atoms with Crippen LogP contribution in [-0.2, 0) is 9.53 Å². The summed E-state index contributed by atoms with van der Waals surface area (Å²) in [7, 11) is 0. The Balaban J connectivity index is 1.82. The molecule has 2 aliphatic heterocycles. The zero-order chi connectivity index (χ0) is 14.7. The van der Waals surface area contributed by atoms with Crippen molar-refractivity contribution in [2.24, 2.45) is 11.8 Å². The Hall–Kier alpha value is -1.30. The maximum atomic E-state index is 12.2. The first kappa shape index (κ1) is 15.1. The van der Waals surface area contributed by atoms with Crippen LogP contribution in [0.3, 0.4) is 0 Å². The molecule has 6 heteroatoms. The van der Waals surface area contributed by atoms with Gasteiger partial charge in [0.25, 0.3) is 0 Å². The minimum Gasteiger partial charge on any atom is -0.481 e. The third kappa shape index (κ3) is 3.06. The molecular weight excluding hydrogens is 260 g/mol. The number of rotatable bonds is 4. The van der Waals surface area contributed by atoms with E-state index in [1.54, 1.807) is 11.8 Å². The molecule has 2 N–H and O–H groups in total. The molecule has 2 heterocycles. The largest absolute Gasteiger partial charge is 0.481 e. The van der Waals surface area contributed by atoms with Crippen LogP contribution in [0.1, 0.15) is 33.1 Å². The first-order valence-electron chi connectivity index (χ1n) is 7.43. The molecule has 0 aromatic heterocycles. The zero-order valence-corrected chi connectivity index (χ0v) is 12.2. The van der Waals surface area contributed by atoms with Gasteiger partial charge in [0.1, 0.15) is 0 Å². The van der Waals surface area contributed by atoms with E-state index in [4.69, 9.17) is 9.84 Å². The number of carboxylic acid groups (broad SMARTS) is 1. The zero-order valence-electron chi connectivity index (χ0n) is 12.2. The number of hydrogen-bond acceptors (Lipinski definition) is 3. The lowest BCUT2D eigenvalue weighted by Gasteiger charge is -2.25. The second kappa shape index (κ2) is 6.43. The van der Waals surface area contributed by atoms with Gasteiger partial charge in [-0.2, -0.15) is 0 Å². The highest BCUT2D eigenvalue weighted by atomic mass is 16.5. The van der Waals surface area contributed by atoms with Gasteiger partial charge in [-0.25, -0.2) is 4.79 Å². The van der Waals surface area contributed by atoms with Crippen molar-refractivity contribution in [1.29, 1.82) is 0 Å². The number of likely N-dealkylation sites (tertiary alicyclic amines) is 1. The molecule has 0 aromatic rings. The van der Waals surface area contributed by atoms with Crippen molar-refractivity contribution in [1.82, 2.24) is 10.2 Å². The van der Waals surface area contributed by atoms with Crippen molar-refractivity contribution in [3.05, 3.63) is 0 Å². The van der Waals surface area contributed by atoms with E-state index in [9.17, 15) is 9.59 Å². The van der Waals surface area contributed by atoms with E-state index in [0.717, 1.165) is 19.4 Å². The molecule has 0 radical (unpaired) electrons. The molecular formula is C14H24N2O4. The average Bonchev–Trinajstić information content (AvgIpc) is 3.01. The Morgan fingerprint density at radius 2 is 2.15 bits per heavy atom. The van der Waals surface area contributed by atoms with Crippen LogP contribution in [0, 0.1) is 11.8 Å². The van der Waals surface area contributed by atoms with Crippen LogP contribution in [0.4, 0.5) is 4.79 Å². The van der Waals surface area contributed by atoms with Gasteiger partial charge in [-0.3, -0.25) is 4.79 Å². The number of carbonyl (C=O) groups excluding carboxylic acids is 1. The molecule has 0 aromatic carbocycles. The highest BCUT2D eigenvalue weighted by Crippen LogP contribution is 2.25. The quantitative estimate of drug-likeness (QED) is 0.815. The molecule has 0 spiro atoms. The Morgan fingerprint density at radius 3 is 2.75 bits per heavy atom. The number of aliphatic carboxylic acids is 1. The second-order valence-corrected chi connectivity index (χ2v) is 5.72. The van der Waals surface area contributed by atoms with Crippen LogP contribution < -0.4 is 5.32 Å². The van der Waals surface area contributed by atoms with Crippen LogP contribution in [0.25, 0.3) is 0 Å². The minimum absolute atomic E-state index is 0.150. The predicted octanol–water partition coefficient (Wildman–Crippen LogP) is 1.31. The summed E-state index contributed by atoms with van der Waals surface area (Å²) >= 11 is 0. The second-order valence-electron chi connectivity index (χ2n) is 5.72. The Labute approximate surface area is 119 Å². The van der Waals surface area contributed by atoms with Crippen LogP contribution in [0.5, 0.6) is 0 Å². The monoisotopic (exact) mass is 284 g/mol. The standard InChI is InChI=1S/C14H24N2O4/c1-3-12-10(5-7-20-12)8-15-14(19)16-6-4-11(9(16)2)13(17)18/h9-12H,3-8H2,1-2H3,(H,15,19)(H,17,18). The van der Waals surface area contributed by atoms with E-state index in [1.165, 1.54) is 0 Å². The van der Waals surface area contributed by atoms with E-state index in [0.29, 0.717) is 25.4 Å². The summed E-state index contributed by atoms with van der Waals surface area (Å²) in [5, 5.41) is 12.0. The van der Waals surface area contributed by atoms with Gasteiger partial charge in [0, 0.05) is 31.7 Å². The van der Waals surface area contributed by atoms with Crippen molar-refractivity contribution < 1.29 is 19.4 Å². The molecule has 6 nitrogen and oxygen atoms in total. The highest BCUT2D eigenvalue weighted by molar-refractivity contribution is 5.78. The van der Waals surface area contributed by atoms with Crippen LogP contribution in [0.15, 0.2) is 0 Å². The van der Waals surface area contributed by atoms with Crippen molar-refractivity contribution in [2.45, 2.75) is 45.3 Å². The number of nitrogens with zero attached hydrogens (tertiary/aromatic N) is 1. The Kier molecular flexibility index (Phi) is 4.86. The molecule has 4 unspecified atom stereocenters. The first-order valence-corrected chi connectivity index (χ1v) is 7.43. The molecule has 2 amide bonds. The highest BCUT2D eigenvalue weighted by Gasteiger charge is 2.38. The first-order chi connectivity index (χ1) is 9.54. The molecule has 20 heavy (non-hydrogen) atoms. The maximum absolute atomic E-state index is 12.2. The fraction of sp³-hybridized carbons (Fsp3) is 0.857. The van der Waals surface area contributed by atoms with Gasteiger partial charge in [-0.15, -0.1) is 0 Å². The number of urea groups is 1. The molecule has 0 bridgehead atoms. The lowest BCUT2D eigenvalue weighted by atomic mass is 10.00. The average molecular weight is 284 g/mol. The topological polar surface area (TPSA) is 78.9 Å². The normalized spacial score (nSPS) is 33.4. The van der Waals surface area contributed by atoms with Crippen molar-refractivity contribution in [2.75, 3.05) is 19.7 Å². The van der Waals surface area contributed by atoms with Gasteiger partial charge < -0.3 is 20.1 Å². The molecule has 0 aliphatic carbocycles.